The molecule has 0 spiro atoms. The first-order chi connectivity index (χ1) is 15.1. The number of amides is 2. The van der Waals surface area contributed by atoms with Crippen LogP contribution in [0.4, 0.5) is 11.4 Å². The maximum absolute atomic E-state index is 13.2. The van der Waals surface area contributed by atoms with Crippen molar-refractivity contribution in [2.75, 3.05) is 17.2 Å². The minimum atomic E-state index is -0.296. The molecule has 2 heterocycles. The molecule has 1 aromatic heterocycles. The number of nitrogens with zero attached hydrogens (tertiary/aromatic N) is 1. The Balaban J connectivity index is 1.55. The third-order valence-corrected chi connectivity index (χ3v) is 5.31. The fourth-order valence-corrected chi connectivity index (χ4v) is 3.76. The van der Waals surface area contributed by atoms with Crippen LogP contribution in [0.3, 0.4) is 0 Å². The van der Waals surface area contributed by atoms with Crippen molar-refractivity contribution in [3.05, 3.63) is 83.4 Å². The number of anilines is 2. The van der Waals surface area contributed by atoms with E-state index in [0.717, 1.165) is 10.9 Å². The zero-order valence-corrected chi connectivity index (χ0v) is 16.9. The average molecular weight is 430 g/mol. The largest absolute Gasteiger partial charge is 0.482 e. The number of pyridine rings is 1. The summed E-state index contributed by atoms with van der Waals surface area (Å²) in [5.74, 6) is 0.0309. The average Bonchev–Trinajstić information content (AvgIpc) is 2.78. The van der Waals surface area contributed by atoms with Crippen LogP contribution in [0.15, 0.2) is 72.8 Å². The van der Waals surface area contributed by atoms with Gasteiger partial charge in [-0.15, -0.1) is 0 Å². The molecule has 0 saturated heterocycles. The molecule has 1 aliphatic heterocycles. The molecular formula is C24H16ClN3O3. The summed E-state index contributed by atoms with van der Waals surface area (Å²) in [7, 11) is 0. The van der Waals surface area contributed by atoms with Gasteiger partial charge < -0.3 is 15.4 Å². The maximum Gasteiger partial charge on any atom is 0.262 e. The minimum Gasteiger partial charge on any atom is -0.482 e. The number of rotatable bonds is 3. The van der Waals surface area contributed by atoms with E-state index in [1.54, 1.807) is 30.3 Å². The van der Waals surface area contributed by atoms with Crippen molar-refractivity contribution in [2.45, 2.75) is 0 Å². The Labute approximate surface area is 182 Å². The third kappa shape index (κ3) is 3.69. The van der Waals surface area contributed by atoms with Gasteiger partial charge in [0.1, 0.15) is 5.75 Å². The Morgan fingerprint density at radius 3 is 2.71 bits per heavy atom. The van der Waals surface area contributed by atoms with Crippen molar-refractivity contribution in [1.82, 2.24) is 4.98 Å². The van der Waals surface area contributed by atoms with Gasteiger partial charge in [-0.2, -0.15) is 0 Å². The molecule has 31 heavy (non-hydrogen) atoms. The number of nitrogens with one attached hydrogen (secondary N) is 2. The number of aromatic nitrogens is 1. The molecule has 1 aliphatic rings. The van der Waals surface area contributed by atoms with Gasteiger partial charge in [0.15, 0.2) is 6.61 Å². The normalized spacial score (nSPS) is 12.6. The summed E-state index contributed by atoms with van der Waals surface area (Å²) < 4.78 is 5.37. The van der Waals surface area contributed by atoms with E-state index in [1.807, 2.05) is 42.5 Å². The van der Waals surface area contributed by atoms with Crippen LogP contribution >= 0.6 is 11.6 Å². The Morgan fingerprint density at radius 1 is 1.03 bits per heavy atom. The molecule has 5 rings (SSSR count). The monoisotopic (exact) mass is 429 g/mol. The van der Waals surface area contributed by atoms with E-state index < -0.39 is 0 Å². The van der Waals surface area contributed by atoms with Gasteiger partial charge in [0.05, 0.1) is 22.5 Å². The lowest BCUT2D eigenvalue weighted by molar-refractivity contribution is -0.118. The Kier molecular flexibility index (Phi) is 4.76. The van der Waals surface area contributed by atoms with Gasteiger partial charge in [-0.3, -0.25) is 9.59 Å². The predicted octanol–water partition coefficient (Wildman–Crippen LogP) is 5.14. The smallest absolute Gasteiger partial charge is 0.262 e. The van der Waals surface area contributed by atoms with E-state index in [2.05, 4.69) is 10.6 Å². The van der Waals surface area contributed by atoms with Crippen LogP contribution < -0.4 is 15.4 Å². The van der Waals surface area contributed by atoms with Crippen molar-refractivity contribution in [3.8, 4) is 17.0 Å². The number of carbonyl (C=O) groups is 2. The Bertz CT molecular complexity index is 1350. The molecule has 0 unspecified atom stereocenters. The van der Waals surface area contributed by atoms with Crippen LogP contribution in [0.5, 0.6) is 5.75 Å². The molecule has 2 amide bonds. The summed E-state index contributed by atoms with van der Waals surface area (Å²) in [5, 5.41) is 6.93. The number of fused-ring (bicyclic) bond motifs is 2. The number of ether oxygens (including phenoxy) is 1. The van der Waals surface area contributed by atoms with Gasteiger partial charge in [-0.05, 0) is 36.4 Å². The quantitative estimate of drug-likeness (QED) is 0.472. The number of benzene rings is 3. The van der Waals surface area contributed by atoms with Gasteiger partial charge >= 0.3 is 0 Å². The highest BCUT2D eigenvalue weighted by Gasteiger charge is 2.18. The Hall–Kier alpha value is -3.90. The van der Waals surface area contributed by atoms with Gasteiger partial charge in [-0.25, -0.2) is 4.98 Å². The van der Waals surface area contributed by atoms with Crippen molar-refractivity contribution >= 4 is 45.7 Å². The summed E-state index contributed by atoms with van der Waals surface area (Å²) in [4.78, 5) is 29.5. The molecule has 2 N–H and O–H groups in total. The second-order valence-corrected chi connectivity index (χ2v) is 7.46. The van der Waals surface area contributed by atoms with Crippen molar-refractivity contribution in [3.63, 3.8) is 0 Å². The summed E-state index contributed by atoms with van der Waals surface area (Å²) in [6.45, 7) is -0.0213. The molecule has 4 aromatic rings. The first kappa shape index (κ1) is 19.1. The highest BCUT2D eigenvalue weighted by molar-refractivity contribution is 6.33. The minimum absolute atomic E-state index is 0.0213. The first-order valence-electron chi connectivity index (χ1n) is 9.61. The molecule has 0 saturated carbocycles. The molecule has 6 nitrogen and oxygen atoms in total. The summed E-state index contributed by atoms with van der Waals surface area (Å²) >= 11 is 6.36. The highest BCUT2D eigenvalue weighted by Crippen LogP contribution is 2.32. The molecule has 0 fully saturated rings. The number of hydrogen-bond acceptors (Lipinski definition) is 4. The third-order valence-electron chi connectivity index (χ3n) is 4.98. The molecule has 3 aromatic carbocycles. The number of para-hydroxylation sites is 1. The lowest BCUT2D eigenvalue weighted by Crippen LogP contribution is -2.25. The van der Waals surface area contributed by atoms with Crippen LogP contribution in [-0.2, 0) is 4.79 Å². The zero-order valence-electron chi connectivity index (χ0n) is 16.2. The lowest BCUT2D eigenvalue weighted by Gasteiger charge is -2.18. The summed E-state index contributed by atoms with van der Waals surface area (Å²) in [6, 6.07) is 21.7. The number of hydrogen-bond donors (Lipinski definition) is 2. The molecular weight excluding hydrogens is 414 g/mol. The van der Waals surface area contributed by atoms with Gasteiger partial charge in [0.2, 0.25) is 0 Å². The van der Waals surface area contributed by atoms with E-state index >= 15 is 0 Å². The standard InChI is InChI=1S/C24H16ClN3O3/c25-18-7-3-1-6-16(18)20-12-17(15-5-2-4-8-19(15)27-20)24(30)26-14-9-10-22-21(11-14)28-23(29)13-31-22/h1-12H,13H2,(H,26,30)(H,28,29). The van der Waals surface area contributed by atoms with E-state index in [1.165, 1.54) is 0 Å². The zero-order chi connectivity index (χ0) is 21.4. The molecule has 7 heteroatoms. The van der Waals surface area contributed by atoms with Gasteiger partial charge in [-0.1, -0.05) is 48.0 Å². The number of carbonyl (C=O) groups excluding carboxylic acids is 2. The molecule has 0 radical (unpaired) electrons. The summed E-state index contributed by atoms with van der Waals surface area (Å²) in [5.41, 5.74) is 3.58. The van der Waals surface area contributed by atoms with Crippen LogP contribution in [-0.4, -0.2) is 23.4 Å². The van der Waals surface area contributed by atoms with Gasteiger partial charge in [0, 0.05) is 21.7 Å². The van der Waals surface area contributed by atoms with Crippen molar-refractivity contribution in [2.24, 2.45) is 0 Å². The molecule has 0 bridgehead atoms. The van der Waals surface area contributed by atoms with Crippen LogP contribution in [0.25, 0.3) is 22.2 Å². The predicted molar refractivity (Wildman–Crippen MR) is 121 cm³/mol. The molecule has 0 aliphatic carbocycles. The van der Waals surface area contributed by atoms with Crippen LogP contribution in [0.1, 0.15) is 10.4 Å². The number of halogens is 1. The fraction of sp³-hybridized carbons (Fsp3) is 0.0417. The van der Waals surface area contributed by atoms with E-state index in [0.29, 0.717) is 38.9 Å². The molecule has 0 atom stereocenters. The molecule has 152 valence electrons. The maximum atomic E-state index is 13.2. The topological polar surface area (TPSA) is 80.3 Å². The fourth-order valence-electron chi connectivity index (χ4n) is 3.53. The van der Waals surface area contributed by atoms with Crippen molar-refractivity contribution in [1.29, 1.82) is 0 Å². The van der Waals surface area contributed by atoms with Gasteiger partial charge in [0.25, 0.3) is 11.8 Å². The van der Waals surface area contributed by atoms with Crippen molar-refractivity contribution < 1.29 is 14.3 Å². The Morgan fingerprint density at radius 2 is 1.84 bits per heavy atom. The van der Waals surface area contributed by atoms with Crippen LogP contribution in [0, 0.1) is 0 Å². The SMILES string of the molecule is O=C1COc2ccc(NC(=O)c3cc(-c4ccccc4Cl)nc4ccccc34)cc2N1. The van der Waals surface area contributed by atoms with Crippen LogP contribution in [0.2, 0.25) is 5.02 Å². The second kappa shape index (κ2) is 7.74. The van der Waals surface area contributed by atoms with E-state index in [9.17, 15) is 9.59 Å². The second-order valence-electron chi connectivity index (χ2n) is 7.05. The van der Waals surface area contributed by atoms with E-state index in [4.69, 9.17) is 21.3 Å². The van der Waals surface area contributed by atoms with E-state index in [-0.39, 0.29) is 18.4 Å². The highest BCUT2D eigenvalue weighted by atomic mass is 35.5. The first-order valence-corrected chi connectivity index (χ1v) is 9.99. The summed E-state index contributed by atoms with van der Waals surface area (Å²) in [6.07, 6.45) is 0. The lowest BCUT2D eigenvalue weighted by atomic mass is 10.0.